The number of anilines is 1. The van der Waals surface area contributed by atoms with Crippen molar-refractivity contribution in [3.63, 3.8) is 0 Å². The van der Waals surface area contributed by atoms with Crippen LogP contribution in [0, 0.1) is 0 Å². The first-order chi connectivity index (χ1) is 28.3. The molecule has 0 saturated heterocycles. The van der Waals surface area contributed by atoms with Crippen LogP contribution in [0.4, 0.5) is 5.69 Å². The standard InChI is InChI=1S/C43H81NO13/c1-2-3-4-5-6-7-8-9-10-11-14-17-45-18-19-46-20-21-47-22-23-48-24-25-49-26-27-50-28-29-51-30-31-52-32-33-53-34-35-54-36-37-55-38-39-56-40-41-57-43-16-13-12-15-42(43)44/h12-13,15-16H,2-11,14,17-41,44H2,1H3. The van der Waals surface area contributed by atoms with Crippen LogP contribution in [0.2, 0.25) is 0 Å². The van der Waals surface area contributed by atoms with Gasteiger partial charge in [-0.15, -0.1) is 0 Å². The molecular formula is C43H81NO13. The molecule has 0 heterocycles. The van der Waals surface area contributed by atoms with Gasteiger partial charge >= 0.3 is 0 Å². The van der Waals surface area contributed by atoms with Crippen LogP contribution >= 0.6 is 0 Å². The van der Waals surface area contributed by atoms with Gasteiger partial charge in [0.1, 0.15) is 12.4 Å². The molecule has 0 bridgehead atoms. The summed E-state index contributed by atoms with van der Waals surface area (Å²) in [6.07, 6.45) is 14.8. The van der Waals surface area contributed by atoms with Crippen LogP contribution in [-0.2, 0) is 56.8 Å². The van der Waals surface area contributed by atoms with Crippen LogP contribution < -0.4 is 10.5 Å². The van der Waals surface area contributed by atoms with E-state index in [1.807, 2.05) is 18.2 Å². The Balaban J connectivity index is 1.60. The fourth-order valence-electron chi connectivity index (χ4n) is 5.21. The zero-order chi connectivity index (χ0) is 40.6. The molecule has 0 aliphatic heterocycles. The molecule has 0 aromatic heterocycles. The molecule has 0 unspecified atom stereocenters. The number of nitrogens with two attached hydrogens (primary N) is 1. The second kappa shape index (κ2) is 47.0. The lowest BCUT2D eigenvalue weighted by Crippen LogP contribution is -2.15. The van der Waals surface area contributed by atoms with Crippen LogP contribution in [0.5, 0.6) is 5.75 Å². The highest BCUT2D eigenvalue weighted by Gasteiger charge is 2.00. The molecule has 0 fully saturated rings. The van der Waals surface area contributed by atoms with Gasteiger partial charge in [0.25, 0.3) is 0 Å². The maximum absolute atomic E-state index is 5.83. The van der Waals surface area contributed by atoms with E-state index >= 15 is 0 Å². The molecule has 0 saturated carbocycles. The Labute approximate surface area is 345 Å². The lowest BCUT2D eigenvalue weighted by Gasteiger charge is -2.10. The second-order valence-corrected chi connectivity index (χ2v) is 13.3. The zero-order valence-electron chi connectivity index (χ0n) is 35.6. The van der Waals surface area contributed by atoms with Gasteiger partial charge in [0.15, 0.2) is 0 Å². The summed E-state index contributed by atoms with van der Waals surface area (Å²) in [7, 11) is 0. The van der Waals surface area contributed by atoms with Gasteiger partial charge in [0.05, 0.1) is 158 Å². The number of unbranched alkanes of at least 4 members (excludes halogenated alkanes) is 10. The predicted octanol–water partition coefficient (Wildman–Crippen LogP) is 6.16. The molecule has 2 N–H and O–H groups in total. The van der Waals surface area contributed by atoms with E-state index < -0.39 is 0 Å². The summed E-state index contributed by atoms with van der Waals surface area (Å²) < 4.78 is 71.9. The van der Waals surface area contributed by atoms with Crippen LogP contribution in [0.1, 0.15) is 77.6 Å². The van der Waals surface area contributed by atoms with E-state index in [1.165, 1.54) is 64.2 Å². The average Bonchev–Trinajstić information content (AvgIpc) is 3.22. The van der Waals surface area contributed by atoms with Crippen molar-refractivity contribution in [3.8, 4) is 5.75 Å². The number of hydrogen-bond donors (Lipinski definition) is 1. The predicted molar refractivity (Wildman–Crippen MR) is 223 cm³/mol. The quantitative estimate of drug-likeness (QED) is 0.0592. The van der Waals surface area contributed by atoms with E-state index in [2.05, 4.69) is 6.92 Å². The molecule has 0 aliphatic carbocycles. The Bertz CT molecular complexity index is 904. The minimum Gasteiger partial charge on any atom is -0.489 e. The molecule has 1 rings (SSSR count). The molecule has 0 amide bonds. The summed E-state index contributed by atoms with van der Waals surface area (Å²) in [5, 5.41) is 0. The molecule has 0 radical (unpaired) electrons. The lowest BCUT2D eigenvalue weighted by molar-refractivity contribution is -0.0285. The molecule has 0 spiro atoms. The molecule has 57 heavy (non-hydrogen) atoms. The Morgan fingerprint density at radius 3 is 0.842 bits per heavy atom. The van der Waals surface area contributed by atoms with Gasteiger partial charge in [-0.2, -0.15) is 0 Å². The highest BCUT2D eigenvalue weighted by molar-refractivity contribution is 5.51. The first kappa shape index (κ1) is 53.4. The van der Waals surface area contributed by atoms with Crippen molar-refractivity contribution in [1.82, 2.24) is 0 Å². The number of benzene rings is 1. The third-order valence-electron chi connectivity index (χ3n) is 8.39. The monoisotopic (exact) mass is 820 g/mol. The summed E-state index contributed by atoms with van der Waals surface area (Å²) in [4.78, 5) is 0. The van der Waals surface area contributed by atoms with Crippen molar-refractivity contribution < 1.29 is 61.6 Å². The summed E-state index contributed by atoms with van der Waals surface area (Å²) in [6, 6.07) is 7.39. The summed E-state index contributed by atoms with van der Waals surface area (Å²) in [5.74, 6) is 0.669. The maximum Gasteiger partial charge on any atom is 0.142 e. The highest BCUT2D eigenvalue weighted by atomic mass is 16.6. The van der Waals surface area contributed by atoms with Gasteiger partial charge in [-0.05, 0) is 18.6 Å². The second-order valence-electron chi connectivity index (χ2n) is 13.3. The number of rotatable bonds is 49. The smallest absolute Gasteiger partial charge is 0.142 e. The van der Waals surface area contributed by atoms with E-state index in [4.69, 9.17) is 67.3 Å². The number of ether oxygens (including phenoxy) is 13. The van der Waals surface area contributed by atoms with Gasteiger partial charge in [-0.3, -0.25) is 0 Å². The molecule has 336 valence electrons. The SMILES string of the molecule is CCCCCCCCCCCCCOCCOCCOCCOCCOCCOCCOCCOCCOCCOCCOCCOCCOc1ccccc1N. The molecule has 14 heteroatoms. The number of para-hydroxylation sites is 2. The number of hydrogen-bond acceptors (Lipinski definition) is 14. The Kier molecular flexibility index (Phi) is 44.0. The van der Waals surface area contributed by atoms with E-state index in [1.54, 1.807) is 6.07 Å². The van der Waals surface area contributed by atoms with E-state index in [0.717, 1.165) is 13.0 Å². The van der Waals surface area contributed by atoms with Crippen molar-refractivity contribution in [1.29, 1.82) is 0 Å². The van der Waals surface area contributed by atoms with Crippen LogP contribution in [0.25, 0.3) is 0 Å². The third-order valence-corrected chi connectivity index (χ3v) is 8.39. The first-order valence-corrected chi connectivity index (χ1v) is 21.7. The van der Waals surface area contributed by atoms with E-state index in [0.29, 0.717) is 170 Å². The minimum absolute atomic E-state index is 0.438. The molecular weight excluding hydrogens is 738 g/mol. The minimum atomic E-state index is 0.438. The van der Waals surface area contributed by atoms with Gasteiger partial charge < -0.3 is 67.3 Å². The maximum atomic E-state index is 5.83. The highest BCUT2D eigenvalue weighted by Crippen LogP contribution is 2.19. The van der Waals surface area contributed by atoms with Crippen LogP contribution in [-0.4, -0.2) is 165 Å². The largest absolute Gasteiger partial charge is 0.489 e. The lowest BCUT2D eigenvalue weighted by atomic mass is 10.1. The topological polar surface area (TPSA) is 146 Å². The van der Waals surface area contributed by atoms with Gasteiger partial charge in [0, 0.05) is 6.61 Å². The first-order valence-electron chi connectivity index (χ1n) is 21.7. The van der Waals surface area contributed by atoms with Crippen molar-refractivity contribution in [2.45, 2.75) is 77.6 Å². The van der Waals surface area contributed by atoms with Crippen molar-refractivity contribution in [3.05, 3.63) is 24.3 Å². The molecule has 1 aromatic rings. The molecule has 0 atom stereocenters. The van der Waals surface area contributed by atoms with Crippen LogP contribution in [0.3, 0.4) is 0 Å². The zero-order valence-corrected chi connectivity index (χ0v) is 35.6. The fraction of sp³-hybridized carbons (Fsp3) is 0.860. The fourth-order valence-corrected chi connectivity index (χ4v) is 5.21. The summed E-state index contributed by atoms with van der Waals surface area (Å²) >= 11 is 0. The summed E-state index contributed by atoms with van der Waals surface area (Å²) in [6.45, 7) is 15.6. The van der Waals surface area contributed by atoms with E-state index in [9.17, 15) is 0 Å². The third kappa shape index (κ3) is 42.3. The van der Waals surface area contributed by atoms with Crippen molar-refractivity contribution >= 4 is 5.69 Å². The number of nitrogen functional groups attached to an aromatic ring is 1. The normalized spacial score (nSPS) is 11.5. The van der Waals surface area contributed by atoms with Crippen LogP contribution in [0.15, 0.2) is 24.3 Å². The molecule has 14 nitrogen and oxygen atoms in total. The molecule has 1 aromatic carbocycles. The molecule has 0 aliphatic rings. The summed E-state index contributed by atoms with van der Waals surface area (Å²) in [5.41, 5.74) is 6.45. The van der Waals surface area contributed by atoms with Gasteiger partial charge in [-0.25, -0.2) is 0 Å². The Hall–Kier alpha value is -1.66. The van der Waals surface area contributed by atoms with E-state index in [-0.39, 0.29) is 0 Å². The van der Waals surface area contributed by atoms with Gasteiger partial charge in [-0.1, -0.05) is 83.3 Å². The van der Waals surface area contributed by atoms with Gasteiger partial charge in [0.2, 0.25) is 0 Å². The van der Waals surface area contributed by atoms with Crippen molar-refractivity contribution in [2.75, 3.05) is 171 Å². The van der Waals surface area contributed by atoms with Crippen molar-refractivity contribution in [2.24, 2.45) is 0 Å². The Morgan fingerprint density at radius 2 is 0.544 bits per heavy atom. The Morgan fingerprint density at radius 1 is 0.298 bits per heavy atom. The average molecular weight is 820 g/mol.